The summed E-state index contributed by atoms with van der Waals surface area (Å²) in [7, 11) is 4.48. The van der Waals surface area contributed by atoms with Crippen LogP contribution in [-0.4, -0.2) is 32.3 Å². The van der Waals surface area contributed by atoms with Gasteiger partial charge in [-0.05, 0) is 49.0 Å². The molecule has 0 saturated carbocycles. The molecule has 6 nitrogen and oxygen atoms in total. The van der Waals surface area contributed by atoms with Gasteiger partial charge in [0.1, 0.15) is 0 Å². The number of ether oxygens (including phenoxy) is 3. The predicted octanol–water partition coefficient (Wildman–Crippen LogP) is 3.15. The summed E-state index contributed by atoms with van der Waals surface area (Å²) in [6.45, 7) is 1.97. The Hall–Kier alpha value is -2.80. The molecule has 25 heavy (non-hydrogen) atoms. The van der Waals surface area contributed by atoms with Crippen molar-refractivity contribution in [3.8, 4) is 17.2 Å². The van der Waals surface area contributed by atoms with Crippen LogP contribution in [0.25, 0.3) is 0 Å². The zero-order valence-corrected chi connectivity index (χ0v) is 15.3. The van der Waals surface area contributed by atoms with E-state index in [1.165, 1.54) is 21.3 Å². The van der Waals surface area contributed by atoms with E-state index in [0.29, 0.717) is 22.8 Å². The van der Waals surface area contributed by atoms with Crippen molar-refractivity contribution < 1.29 is 19.0 Å². The number of anilines is 1. The molecule has 0 aliphatic rings. The van der Waals surface area contributed by atoms with Gasteiger partial charge in [-0.15, -0.1) is 0 Å². The van der Waals surface area contributed by atoms with Crippen LogP contribution in [0.15, 0.2) is 36.4 Å². The summed E-state index contributed by atoms with van der Waals surface area (Å²) in [4.78, 5) is 12.5. The molecule has 0 saturated heterocycles. The number of rotatable bonds is 5. The minimum absolute atomic E-state index is 0.198. The van der Waals surface area contributed by atoms with E-state index in [1.54, 1.807) is 12.1 Å². The first-order valence-electron chi connectivity index (χ1n) is 7.47. The number of amides is 1. The molecular weight excluding hydrogens is 340 g/mol. The van der Waals surface area contributed by atoms with E-state index in [1.807, 2.05) is 31.2 Å². The lowest BCUT2D eigenvalue weighted by atomic mass is 10.1. The van der Waals surface area contributed by atoms with Gasteiger partial charge in [-0.1, -0.05) is 12.1 Å². The van der Waals surface area contributed by atoms with Crippen molar-refractivity contribution in [3.63, 3.8) is 0 Å². The van der Waals surface area contributed by atoms with Crippen LogP contribution in [0.4, 0.5) is 5.69 Å². The lowest BCUT2D eigenvalue weighted by Crippen LogP contribution is -2.34. The standard InChI is InChI=1S/C18H20N2O4S/c1-11-6-5-7-13(8-11)19-18(25)20-17(21)12-9-14(22-2)16(24-4)15(10-12)23-3/h5-10H,1-4H3,(H2,19,20,21,25). The summed E-state index contributed by atoms with van der Waals surface area (Å²) in [5.41, 5.74) is 2.22. The molecule has 0 atom stereocenters. The SMILES string of the molecule is COc1cc(C(=O)NC(=S)Nc2cccc(C)c2)cc(OC)c1OC. The minimum Gasteiger partial charge on any atom is -0.493 e. The Labute approximate surface area is 152 Å². The Kier molecular flexibility index (Phi) is 6.19. The molecule has 0 heterocycles. The van der Waals surface area contributed by atoms with E-state index in [4.69, 9.17) is 26.4 Å². The number of benzene rings is 2. The number of hydrogen-bond acceptors (Lipinski definition) is 5. The number of nitrogens with one attached hydrogen (secondary N) is 2. The highest BCUT2D eigenvalue weighted by molar-refractivity contribution is 7.80. The molecule has 2 N–H and O–H groups in total. The van der Waals surface area contributed by atoms with Crippen molar-refractivity contribution in [2.45, 2.75) is 6.92 Å². The normalized spacial score (nSPS) is 9.92. The maximum absolute atomic E-state index is 12.5. The van der Waals surface area contributed by atoms with Gasteiger partial charge in [-0.25, -0.2) is 0 Å². The number of hydrogen-bond donors (Lipinski definition) is 2. The summed E-state index contributed by atoms with van der Waals surface area (Å²) in [5.74, 6) is 0.820. The highest BCUT2D eigenvalue weighted by Crippen LogP contribution is 2.38. The molecule has 0 unspecified atom stereocenters. The topological polar surface area (TPSA) is 68.8 Å². The summed E-state index contributed by atoms with van der Waals surface area (Å²) in [6, 6.07) is 10.8. The average molecular weight is 360 g/mol. The molecule has 0 aliphatic carbocycles. The van der Waals surface area contributed by atoms with Crippen LogP contribution in [0, 0.1) is 6.92 Å². The van der Waals surface area contributed by atoms with Crippen LogP contribution in [0.3, 0.4) is 0 Å². The molecule has 7 heteroatoms. The third kappa shape index (κ3) is 4.60. The summed E-state index contributed by atoms with van der Waals surface area (Å²) in [6.07, 6.45) is 0. The fourth-order valence-electron chi connectivity index (χ4n) is 2.27. The van der Waals surface area contributed by atoms with E-state index in [9.17, 15) is 4.79 Å². The number of carbonyl (C=O) groups excluding carboxylic acids is 1. The Morgan fingerprint density at radius 1 is 1.00 bits per heavy atom. The van der Waals surface area contributed by atoms with Gasteiger partial charge in [0.2, 0.25) is 5.75 Å². The molecular formula is C18H20N2O4S. The molecule has 2 aromatic carbocycles. The molecule has 0 radical (unpaired) electrons. The lowest BCUT2D eigenvalue weighted by Gasteiger charge is -2.14. The van der Waals surface area contributed by atoms with Gasteiger partial charge in [-0.2, -0.15) is 0 Å². The molecule has 2 rings (SSSR count). The van der Waals surface area contributed by atoms with Crippen molar-refractivity contribution in [1.82, 2.24) is 5.32 Å². The van der Waals surface area contributed by atoms with Crippen LogP contribution in [-0.2, 0) is 0 Å². The molecule has 0 aliphatic heterocycles. The van der Waals surface area contributed by atoms with Gasteiger partial charge in [0.25, 0.3) is 5.91 Å². The maximum atomic E-state index is 12.5. The Morgan fingerprint density at radius 3 is 2.16 bits per heavy atom. The van der Waals surface area contributed by atoms with Gasteiger partial charge in [0.05, 0.1) is 21.3 Å². The van der Waals surface area contributed by atoms with E-state index in [-0.39, 0.29) is 11.0 Å². The van der Waals surface area contributed by atoms with Crippen molar-refractivity contribution in [3.05, 3.63) is 47.5 Å². The van der Waals surface area contributed by atoms with Crippen LogP contribution in [0.5, 0.6) is 17.2 Å². The third-order valence-electron chi connectivity index (χ3n) is 3.43. The number of aryl methyl sites for hydroxylation is 1. The fourth-order valence-corrected chi connectivity index (χ4v) is 2.48. The van der Waals surface area contributed by atoms with E-state index in [0.717, 1.165) is 11.3 Å². The number of methoxy groups -OCH3 is 3. The molecule has 1 amide bonds. The molecule has 0 aromatic heterocycles. The van der Waals surface area contributed by atoms with Crippen LogP contribution < -0.4 is 24.8 Å². The highest BCUT2D eigenvalue weighted by Gasteiger charge is 2.17. The maximum Gasteiger partial charge on any atom is 0.257 e. The predicted molar refractivity (Wildman–Crippen MR) is 101 cm³/mol. The first-order valence-corrected chi connectivity index (χ1v) is 7.88. The van der Waals surface area contributed by atoms with Gasteiger partial charge in [0, 0.05) is 11.3 Å². The van der Waals surface area contributed by atoms with Crippen molar-refractivity contribution in [2.75, 3.05) is 26.6 Å². The second kappa shape index (κ2) is 8.34. The van der Waals surface area contributed by atoms with Gasteiger partial charge < -0.3 is 19.5 Å². The average Bonchev–Trinajstić information content (AvgIpc) is 2.60. The largest absolute Gasteiger partial charge is 0.493 e. The van der Waals surface area contributed by atoms with Crippen LogP contribution in [0.1, 0.15) is 15.9 Å². The van der Waals surface area contributed by atoms with Crippen molar-refractivity contribution in [1.29, 1.82) is 0 Å². The second-order valence-corrected chi connectivity index (χ2v) is 5.60. The van der Waals surface area contributed by atoms with Crippen LogP contribution >= 0.6 is 12.2 Å². The number of thiocarbonyl (C=S) groups is 1. The quantitative estimate of drug-likeness (QED) is 0.799. The van der Waals surface area contributed by atoms with Crippen molar-refractivity contribution >= 4 is 28.9 Å². The second-order valence-electron chi connectivity index (χ2n) is 5.19. The lowest BCUT2D eigenvalue weighted by molar-refractivity contribution is 0.0977. The van der Waals surface area contributed by atoms with E-state index >= 15 is 0 Å². The summed E-state index contributed by atoms with van der Waals surface area (Å²) in [5, 5.41) is 5.81. The third-order valence-corrected chi connectivity index (χ3v) is 3.63. The zero-order chi connectivity index (χ0) is 18.4. The first kappa shape index (κ1) is 18.5. The molecule has 0 fully saturated rings. The van der Waals surface area contributed by atoms with Crippen LogP contribution in [0.2, 0.25) is 0 Å². The highest BCUT2D eigenvalue weighted by atomic mass is 32.1. The monoisotopic (exact) mass is 360 g/mol. The van der Waals surface area contributed by atoms with Gasteiger partial charge in [0.15, 0.2) is 16.6 Å². The molecule has 2 aromatic rings. The van der Waals surface area contributed by atoms with Gasteiger partial charge in [-0.3, -0.25) is 10.1 Å². The summed E-state index contributed by atoms with van der Waals surface area (Å²) >= 11 is 5.20. The van der Waals surface area contributed by atoms with Crippen molar-refractivity contribution in [2.24, 2.45) is 0 Å². The fraction of sp³-hybridized carbons (Fsp3) is 0.222. The van der Waals surface area contributed by atoms with E-state index in [2.05, 4.69) is 10.6 Å². The molecule has 0 bridgehead atoms. The minimum atomic E-state index is -0.385. The van der Waals surface area contributed by atoms with E-state index < -0.39 is 0 Å². The molecule has 132 valence electrons. The summed E-state index contributed by atoms with van der Waals surface area (Å²) < 4.78 is 15.7. The Balaban J connectivity index is 2.16. The Morgan fingerprint density at radius 2 is 1.64 bits per heavy atom. The van der Waals surface area contributed by atoms with Gasteiger partial charge >= 0.3 is 0 Å². The smallest absolute Gasteiger partial charge is 0.257 e. The first-order chi connectivity index (χ1) is 12.0. The number of carbonyl (C=O) groups is 1. The Bertz CT molecular complexity index is 767. The molecule has 0 spiro atoms. The zero-order valence-electron chi connectivity index (χ0n) is 14.5.